The van der Waals surface area contributed by atoms with E-state index in [0.717, 1.165) is 5.57 Å². The smallest absolute Gasteiger partial charge is 0.193 e. The number of fused-ring (bicyclic) bond motifs is 1. The topological polar surface area (TPSA) is 55.8 Å². The Labute approximate surface area is 104 Å². The summed E-state index contributed by atoms with van der Waals surface area (Å²) < 4.78 is 10.4. The second-order valence-corrected chi connectivity index (χ2v) is 4.13. The second-order valence-electron chi connectivity index (χ2n) is 3.86. The molecule has 0 unspecified atom stereocenters. The SMILES string of the molecule is CCOCC1=COC=C2C1=CC(=O)[C@]2(O)CCl. The van der Waals surface area contributed by atoms with Gasteiger partial charge in [-0.3, -0.25) is 4.79 Å². The quantitative estimate of drug-likeness (QED) is 0.771. The van der Waals surface area contributed by atoms with Crippen LogP contribution in [0.2, 0.25) is 0 Å². The molecule has 0 saturated heterocycles. The van der Waals surface area contributed by atoms with E-state index >= 15 is 0 Å². The number of ether oxygens (including phenoxy) is 2. The van der Waals surface area contributed by atoms with Gasteiger partial charge >= 0.3 is 0 Å². The van der Waals surface area contributed by atoms with Gasteiger partial charge in [0.15, 0.2) is 11.4 Å². The third-order valence-electron chi connectivity index (χ3n) is 2.82. The van der Waals surface area contributed by atoms with E-state index < -0.39 is 11.4 Å². The van der Waals surface area contributed by atoms with Gasteiger partial charge in [0.2, 0.25) is 0 Å². The second kappa shape index (κ2) is 4.64. The maximum Gasteiger partial charge on any atom is 0.193 e. The predicted molar refractivity (Wildman–Crippen MR) is 62.5 cm³/mol. The van der Waals surface area contributed by atoms with Crippen molar-refractivity contribution in [1.82, 2.24) is 0 Å². The van der Waals surface area contributed by atoms with Crippen LogP contribution in [0, 0.1) is 0 Å². The largest absolute Gasteiger partial charge is 0.472 e. The van der Waals surface area contributed by atoms with Crippen molar-refractivity contribution in [3.8, 4) is 0 Å². The highest BCUT2D eigenvalue weighted by Gasteiger charge is 2.46. The van der Waals surface area contributed by atoms with Crippen LogP contribution in [0.25, 0.3) is 0 Å². The van der Waals surface area contributed by atoms with Gasteiger partial charge < -0.3 is 14.6 Å². The molecule has 0 amide bonds. The molecule has 0 aromatic heterocycles. The van der Waals surface area contributed by atoms with Gasteiger partial charge in [0.25, 0.3) is 0 Å². The van der Waals surface area contributed by atoms with Gasteiger partial charge in [0.1, 0.15) is 0 Å². The van der Waals surface area contributed by atoms with Crippen molar-refractivity contribution in [2.45, 2.75) is 12.5 Å². The Morgan fingerprint density at radius 2 is 2.29 bits per heavy atom. The molecule has 1 heterocycles. The summed E-state index contributed by atoms with van der Waals surface area (Å²) in [6.45, 7) is 2.78. The van der Waals surface area contributed by atoms with Crippen LogP contribution in [-0.4, -0.2) is 35.6 Å². The molecule has 4 nitrogen and oxygen atoms in total. The van der Waals surface area contributed by atoms with Gasteiger partial charge in [-0.1, -0.05) is 0 Å². The van der Waals surface area contributed by atoms with Crippen LogP contribution >= 0.6 is 11.6 Å². The Morgan fingerprint density at radius 3 is 2.94 bits per heavy atom. The number of alkyl halides is 1. The number of rotatable bonds is 4. The average molecular weight is 257 g/mol. The first-order valence-electron chi connectivity index (χ1n) is 5.31. The van der Waals surface area contributed by atoms with Crippen molar-refractivity contribution in [2.24, 2.45) is 0 Å². The van der Waals surface area contributed by atoms with Crippen molar-refractivity contribution in [1.29, 1.82) is 0 Å². The summed E-state index contributed by atoms with van der Waals surface area (Å²) in [7, 11) is 0. The van der Waals surface area contributed by atoms with E-state index in [9.17, 15) is 9.90 Å². The summed E-state index contributed by atoms with van der Waals surface area (Å²) in [5.74, 6) is -0.607. The van der Waals surface area contributed by atoms with Gasteiger partial charge in [-0.05, 0) is 18.6 Å². The lowest BCUT2D eigenvalue weighted by Crippen LogP contribution is -2.38. The van der Waals surface area contributed by atoms with E-state index in [0.29, 0.717) is 24.4 Å². The molecule has 1 aliphatic carbocycles. The minimum Gasteiger partial charge on any atom is -0.472 e. The Kier molecular flexibility index (Phi) is 3.38. The summed E-state index contributed by atoms with van der Waals surface area (Å²) in [5, 5.41) is 10.2. The molecule has 1 aliphatic heterocycles. The lowest BCUT2D eigenvalue weighted by molar-refractivity contribution is -0.126. The van der Waals surface area contributed by atoms with Crippen LogP contribution in [0.15, 0.2) is 35.3 Å². The molecule has 2 rings (SSSR count). The van der Waals surface area contributed by atoms with Crippen molar-refractivity contribution in [2.75, 3.05) is 19.1 Å². The summed E-state index contributed by atoms with van der Waals surface area (Å²) in [6, 6.07) is 0. The summed E-state index contributed by atoms with van der Waals surface area (Å²) in [6.07, 6.45) is 4.26. The Balaban J connectivity index is 2.28. The third kappa shape index (κ3) is 1.92. The molecule has 0 aromatic rings. The molecule has 0 fully saturated rings. The van der Waals surface area contributed by atoms with Crippen LogP contribution in [0.4, 0.5) is 0 Å². The monoisotopic (exact) mass is 256 g/mol. The van der Waals surface area contributed by atoms with E-state index in [4.69, 9.17) is 21.1 Å². The zero-order valence-corrected chi connectivity index (χ0v) is 10.2. The standard InChI is InChI=1S/C12H13ClO4/c1-2-16-4-8-5-17-6-10-9(8)3-11(14)12(10,15)7-13/h3,5-6,15H,2,4,7H2,1H3/t12-/m0/s1. The fourth-order valence-corrected chi connectivity index (χ4v) is 2.10. The van der Waals surface area contributed by atoms with E-state index in [1.54, 1.807) is 0 Å². The first-order chi connectivity index (χ1) is 8.13. The van der Waals surface area contributed by atoms with Gasteiger partial charge in [-0.25, -0.2) is 0 Å². The van der Waals surface area contributed by atoms with Crippen LogP contribution in [0.1, 0.15) is 6.92 Å². The first-order valence-corrected chi connectivity index (χ1v) is 5.85. The highest BCUT2D eigenvalue weighted by molar-refractivity contribution is 6.23. The number of halogens is 1. The van der Waals surface area contributed by atoms with Gasteiger partial charge in [0, 0.05) is 17.8 Å². The van der Waals surface area contributed by atoms with Crippen LogP contribution in [0.5, 0.6) is 0 Å². The molecule has 5 heteroatoms. The van der Waals surface area contributed by atoms with Gasteiger partial charge in [-0.2, -0.15) is 0 Å². The number of aliphatic hydroxyl groups is 1. The summed E-state index contributed by atoms with van der Waals surface area (Å²) in [4.78, 5) is 11.7. The molecule has 0 radical (unpaired) electrons. The maximum atomic E-state index is 11.7. The Hall–Kier alpha value is -1.10. The van der Waals surface area contributed by atoms with Crippen LogP contribution in [-0.2, 0) is 14.3 Å². The first kappa shape index (κ1) is 12.4. The van der Waals surface area contributed by atoms with Crippen LogP contribution < -0.4 is 0 Å². The fourth-order valence-electron chi connectivity index (χ4n) is 1.82. The zero-order valence-electron chi connectivity index (χ0n) is 9.40. The van der Waals surface area contributed by atoms with Crippen molar-refractivity contribution in [3.63, 3.8) is 0 Å². The Morgan fingerprint density at radius 1 is 1.53 bits per heavy atom. The molecule has 0 saturated carbocycles. The van der Waals surface area contributed by atoms with Gasteiger partial charge in [0.05, 0.1) is 25.0 Å². The van der Waals surface area contributed by atoms with E-state index in [1.807, 2.05) is 6.92 Å². The summed E-state index contributed by atoms with van der Waals surface area (Å²) >= 11 is 5.66. The highest BCUT2D eigenvalue weighted by atomic mass is 35.5. The molecule has 1 N–H and O–H groups in total. The number of ketones is 1. The number of hydrogen-bond acceptors (Lipinski definition) is 4. The highest BCUT2D eigenvalue weighted by Crippen LogP contribution is 2.39. The lowest BCUT2D eigenvalue weighted by atomic mass is 9.92. The minimum atomic E-state index is -1.66. The molecule has 17 heavy (non-hydrogen) atoms. The minimum absolute atomic E-state index is 0.192. The average Bonchev–Trinajstić information content (AvgIpc) is 2.61. The summed E-state index contributed by atoms with van der Waals surface area (Å²) in [5.41, 5.74) is 0.133. The van der Waals surface area contributed by atoms with E-state index in [-0.39, 0.29) is 5.88 Å². The Bertz CT molecular complexity index is 436. The number of carbonyl (C=O) groups is 1. The normalized spacial score (nSPS) is 27.0. The molecule has 92 valence electrons. The number of carbonyl (C=O) groups excluding carboxylic acids is 1. The molecular formula is C12H13ClO4. The van der Waals surface area contributed by atoms with Crippen molar-refractivity contribution >= 4 is 17.4 Å². The van der Waals surface area contributed by atoms with E-state index in [2.05, 4.69) is 0 Å². The molecule has 1 atom stereocenters. The number of hydrogen-bond donors (Lipinski definition) is 1. The predicted octanol–water partition coefficient (Wildman–Crippen LogP) is 1.30. The zero-order chi connectivity index (χ0) is 12.5. The van der Waals surface area contributed by atoms with Gasteiger partial charge in [-0.15, -0.1) is 11.6 Å². The maximum absolute atomic E-state index is 11.7. The van der Waals surface area contributed by atoms with E-state index in [1.165, 1.54) is 18.6 Å². The fraction of sp³-hybridized carbons (Fsp3) is 0.417. The lowest BCUT2D eigenvalue weighted by Gasteiger charge is -2.24. The van der Waals surface area contributed by atoms with Crippen molar-refractivity contribution < 1.29 is 19.4 Å². The third-order valence-corrected chi connectivity index (χ3v) is 3.20. The molecule has 0 aromatic carbocycles. The van der Waals surface area contributed by atoms with Crippen molar-refractivity contribution in [3.05, 3.63) is 35.3 Å². The molecule has 0 bridgehead atoms. The molecular weight excluding hydrogens is 244 g/mol. The molecule has 2 aliphatic rings. The van der Waals surface area contributed by atoms with Crippen LogP contribution in [0.3, 0.4) is 0 Å². The molecule has 0 spiro atoms.